The van der Waals surface area contributed by atoms with Crippen molar-refractivity contribution in [3.63, 3.8) is 0 Å². The Bertz CT molecular complexity index is 563. The second-order valence-electron chi connectivity index (χ2n) is 4.38. The van der Waals surface area contributed by atoms with Gasteiger partial charge in [-0.15, -0.1) is 0 Å². The summed E-state index contributed by atoms with van der Waals surface area (Å²) in [5, 5.41) is 0.376. The van der Waals surface area contributed by atoms with Gasteiger partial charge in [-0.1, -0.05) is 11.6 Å². The van der Waals surface area contributed by atoms with Gasteiger partial charge in [0.15, 0.2) is 11.5 Å². The molecule has 0 spiro atoms. The van der Waals surface area contributed by atoms with Crippen LogP contribution in [0.25, 0.3) is 0 Å². The summed E-state index contributed by atoms with van der Waals surface area (Å²) >= 11 is 6.11. The largest absolute Gasteiger partial charge is 0.493 e. The fraction of sp³-hybridized carbons (Fsp3) is 0.500. The monoisotopic (exact) mass is 322 g/mol. The summed E-state index contributed by atoms with van der Waals surface area (Å²) in [5.41, 5.74) is 3.32. The number of nitrogens with two attached hydrogens (primary N) is 1. The Kier molecular flexibility index (Phi) is 6.07. The average Bonchev–Trinajstić information content (AvgIpc) is 2.37. The van der Waals surface area contributed by atoms with E-state index in [0.29, 0.717) is 22.9 Å². The second kappa shape index (κ2) is 7.12. The molecule has 0 fully saturated rings. The zero-order valence-corrected chi connectivity index (χ0v) is 13.2. The minimum atomic E-state index is -3.06. The first-order chi connectivity index (χ1) is 9.32. The highest BCUT2D eigenvalue weighted by atomic mass is 35.5. The van der Waals surface area contributed by atoms with Crippen LogP contribution in [0.3, 0.4) is 0 Å². The number of benzene rings is 1. The normalized spacial score (nSPS) is 13.1. The van der Waals surface area contributed by atoms with Gasteiger partial charge in [0.25, 0.3) is 0 Å². The van der Waals surface area contributed by atoms with Gasteiger partial charge >= 0.3 is 0 Å². The SMILES string of the molecule is COc1cc(C(CCS(C)(=O)=O)NN)cc(Cl)c1OC. The zero-order chi connectivity index (χ0) is 15.3. The van der Waals surface area contributed by atoms with Gasteiger partial charge in [0.2, 0.25) is 0 Å². The molecule has 0 aliphatic carbocycles. The van der Waals surface area contributed by atoms with Crippen LogP contribution < -0.4 is 20.7 Å². The van der Waals surface area contributed by atoms with Crippen molar-refractivity contribution in [2.24, 2.45) is 5.84 Å². The predicted octanol–water partition coefficient (Wildman–Crippen LogP) is 1.30. The van der Waals surface area contributed by atoms with Crippen LogP contribution in [0.2, 0.25) is 5.02 Å². The van der Waals surface area contributed by atoms with E-state index >= 15 is 0 Å². The van der Waals surface area contributed by atoms with Gasteiger partial charge in [-0.3, -0.25) is 11.3 Å². The summed E-state index contributed by atoms with van der Waals surface area (Å²) in [6, 6.07) is 3.05. The Morgan fingerprint density at radius 2 is 2.00 bits per heavy atom. The van der Waals surface area contributed by atoms with Crippen molar-refractivity contribution >= 4 is 21.4 Å². The van der Waals surface area contributed by atoms with Crippen molar-refractivity contribution in [1.29, 1.82) is 0 Å². The molecule has 1 rings (SSSR count). The summed E-state index contributed by atoms with van der Waals surface area (Å²) in [6.45, 7) is 0. The van der Waals surface area contributed by atoms with Crippen molar-refractivity contribution in [2.45, 2.75) is 12.5 Å². The molecule has 0 amide bonds. The molecule has 0 saturated carbocycles. The maximum Gasteiger partial charge on any atom is 0.179 e. The molecule has 6 nitrogen and oxygen atoms in total. The predicted molar refractivity (Wildman–Crippen MR) is 78.9 cm³/mol. The van der Waals surface area contributed by atoms with E-state index in [1.165, 1.54) is 20.5 Å². The molecule has 3 N–H and O–H groups in total. The van der Waals surface area contributed by atoms with Gasteiger partial charge in [-0.25, -0.2) is 8.42 Å². The van der Waals surface area contributed by atoms with E-state index in [1.54, 1.807) is 12.1 Å². The first kappa shape index (κ1) is 17.0. The molecule has 20 heavy (non-hydrogen) atoms. The highest BCUT2D eigenvalue weighted by Gasteiger charge is 2.18. The highest BCUT2D eigenvalue weighted by molar-refractivity contribution is 7.90. The molecule has 0 aromatic heterocycles. The number of methoxy groups -OCH3 is 2. The van der Waals surface area contributed by atoms with Crippen LogP contribution in [0.1, 0.15) is 18.0 Å². The standard InChI is InChI=1S/C12H19ClN2O4S/c1-18-11-7-8(6-9(13)12(11)19-2)10(15-14)4-5-20(3,16)17/h6-7,10,15H,4-5,14H2,1-3H3. The van der Waals surface area contributed by atoms with Crippen LogP contribution in [0.15, 0.2) is 12.1 Å². The molecule has 0 aliphatic rings. The van der Waals surface area contributed by atoms with E-state index in [9.17, 15) is 8.42 Å². The number of halogens is 1. The Morgan fingerprint density at radius 1 is 1.35 bits per heavy atom. The number of hydrogen-bond acceptors (Lipinski definition) is 6. The van der Waals surface area contributed by atoms with Crippen molar-refractivity contribution < 1.29 is 17.9 Å². The third kappa shape index (κ3) is 4.52. The summed E-state index contributed by atoms with van der Waals surface area (Å²) in [6.07, 6.45) is 1.52. The number of sulfone groups is 1. The Morgan fingerprint density at radius 3 is 2.45 bits per heavy atom. The van der Waals surface area contributed by atoms with Crippen LogP contribution in [0.5, 0.6) is 11.5 Å². The van der Waals surface area contributed by atoms with Gasteiger partial charge in [-0.05, 0) is 24.1 Å². The zero-order valence-electron chi connectivity index (χ0n) is 11.6. The van der Waals surface area contributed by atoms with E-state index in [1.807, 2.05) is 0 Å². The van der Waals surface area contributed by atoms with Crippen molar-refractivity contribution in [2.75, 3.05) is 26.2 Å². The van der Waals surface area contributed by atoms with Gasteiger partial charge < -0.3 is 9.47 Å². The van der Waals surface area contributed by atoms with E-state index in [-0.39, 0.29) is 11.8 Å². The maximum atomic E-state index is 11.2. The third-order valence-electron chi connectivity index (χ3n) is 2.84. The summed E-state index contributed by atoms with van der Waals surface area (Å²) in [7, 11) is -0.0693. The topological polar surface area (TPSA) is 90.7 Å². The lowest BCUT2D eigenvalue weighted by Crippen LogP contribution is -2.29. The van der Waals surface area contributed by atoms with Crippen LogP contribution in [-0.4, -0.2) is 34.6 Å². The molecular weight excluding hydrogens is 304 g/mol. The number of rotatable bonds is 7. The van der Waals surface area contributed by atoms with Crippen molar-refractivity contribution in [3.8, 4) is 11.5 Å². The van der Waals surface area contributed by atoms with Gasteiger partial charge in [-0.2, -0.15) is 0 Å². The second-order valence-corrected chi connectivity index (χ2v) is 7.04. The highest BCUT2D eigenvalue weighted by Crippen LogP contribution is 2.38. The molecule has 0 saturated heterocycles. The van der Waals surface area contributed by atoms with Crippen LogP contribution in [0, 0.1) is 0 Å². The molecule has 1 unspecified atom stereocenters. The minimum absolute atomic E-state index is 0.0217. The van der Waals surface area contributed by atoms with Gasteiger partial charge in [0.1, 0.15) is 9.84 Å². The number of hydrogen-bond donors (Lipinski definition) is 2. The molecule has 1 atom stereocenters. The number of nitrogens with one attached hydrogen (secondary N) is 1. The lowest BCUT2D eigenvalue weighted by atomic mass is 10.0. The molecule has 0 bridgehead atoms. The first-order valence-corrected chi connectivity index (χ1v) is 8.31. The Balaban J connectivity index is 3.07. The number of ether oxygens (including phenoxy) is 2. The summed E-state index contributed by atoms with van der Waals surface area (Å²) in [4.78, 5) is 0. The van der Waals surface area contributed by atoms with E-state index in [2.05, 4.69) is 5.43 Å². The van der Waals surface area contributed by atoms with E-state index in [0.717, 1.165) is 5.56 Å². The van der Waals surface area contributed by atoms with Gasteiger partial charge in [0, 0.05) is 12.3 Å². The van der Waals surface area contributed by atoms with Crippen LogP contribution in [0.4, 0.5) is 0 Å². The van der Waals surface area contributed by atoms with Crippen LogP contribution >= 0.6 is 11.6 Å². The molecule has 114 valence electrons. The molecule has 1 aromatic carbocycles. The van der Waals surface area contributed by atoms with Gasteiger partial charge in [0.05, 0.1) is 25.0 Å². The van der Waals surface area contributed by atoms with E-state index < -0.39 is 9.84 Å². The minimum Gasteiger partial charge on any atom is -0.493 e. The average molecular weight is 323 g/mol. The van der Waals surface area contributed by atoms with E-state index in [4.69, 9.17) is 26.9 Å². The quantitative estimate of drug-likeness (QED) is 0.581. The molecule has 0 heterocycles. The molecule has 0 radical (unpaired) electrons. The summed E-state index contributed by atoms with van der Waals surface area (Å²) < 4.78 is 32.8. The molecule has 1 aromatic rings. The molecule has 0 aliphatic heterocycles. The lowest BCUT2D eigenvalue weighted by molar-refractivity contribution is 0.354. The first-order valence-electron chi connectivity index (χ1n) is 5.87. The summed E-state index contributed by atoms with van der Waals surface area (Å²) in [5.74, 6) is 6.40. The molecule has 8 heteroatoms. The van der Waals surface area contributed by atoms with Crippen molar-refractivity contribution in [1.82, 2.24) is 5.43 Å². The third-order valence-corrected chi connectivity index (χ3v) is 4.09. The molecular formula is C12H19ClN2O4S. The Labute approximate surface area is 124 Å². The fourth-order valence-electron chi connectivity index (χ4n) is 1.82. The smallest absolute Gasteiger partial charge is 0.179 e. The lowest BCUT2D eigenvalue weighted by Gasteiger charge is -2.18. The van der Waals surface area contributed by atoms with Crippen LogP contribution in [-0.2, 0) is 9.84 Å². The van der Waals surface area contributed by atoms with Crippen molar-refractivity contribution in [3.05, 3.63) is 22.7 Å². The Hall–Kier alpha value is -1.02. The maximum absolute atomic E-state index is 11.2. The number of hydrazine groups is 1. The fourth-order valence-corrected chi connectivity index (χ4v) is 2.78.